The van der Waals surface area contributed by atoms with Crippen molar-refractivity contribution in [1.29, 1.82) is 0 Å². The lowest BCUT2D eigenvalue weighted by atomic mass is 10.2. The third kappa shape index (κ3) is 4.51. The van der Waals surface area contributed by atoms with Crippen molar-refractivity contribution < 1.29 is 14.0 Å². The average molecular weight is 408 g/mol. The lowest BCUT2D eigenvalue weighted by molar-refractivity contribution is 0.0714. The van der Waals surface area contributed by atoms with Crippen molar-refractivity contribution in [3.05, 3.63) is 77.9 Å². The Bertz CT molecular complexity index is 1010. The van der Waals surface area contributed by atoms with Crippen LogP contribution in [-0.4, -0.2) is 55.5 Å². The fourth-order valence-electron chi connectivity index (χ4n) is 3.51. The smallest absolute Gasteiger partial charge is 0.273 e. The normalized spacial score (nSPS) is 18.4. The summed E-state index contributed by atoms with van der Waals surface area (Å²) in [5, 5.41) is 10.7. The maximum atomic E-state index is 14.1. The summed E-state index contributed by atoms with van der Waals surface area (Å²) in [7, 11) is 0. The minimum atomic E-state index is -1.10. The van der Waals surface area contributed by atoms with Gasteiger partial charge in [-0.05, 0) is 17.7 Å². The molecule has 0 aliphatic carbocycles. The molecule has 30 heavy (non-hydrogen) atoms. The maximum absolute atomic E-state index is 14.1. The molecule has 9 heteroatoms. The molecule has 0 saturated carbocycles. The number of carbonyl (C=O) groups is 2. The maximum Gasteiger partial charge on any atom is 0.273 e. The van der Waals surface area contributed by atoms with E-state index in [4.69, 9.17) is 0 Å². The second-order valence-electron chi connectivity index (χ2n) is 7.18. The molecule has 0 spiro atoms. The van der Waals surface area contributed by atoms with E-state index in [9.17, 15) is 14.0 Å². The number of alkyl halides is 1. The molecule has 1 N–H and O–H groups in total. The number of benzene rings is 1. The molecule has 4 rings (SSSR count). The minimum absolute atomic E-state index is 0.0253. The summed E-state index contributed by atoms with van der Waals surface area (Å²) in [6, 6.07) is 12.5. The van der Waals surface area contributed by atoms with Crippen LogP contribution in [0.1, 0.15) is 32.8 Å². The highest BCUT2D eigenvalue weighted by atomic mass is 19.1. The van der Waals surface area contributed by atoms with Crippen molar-refractivity contribution in [3.63, 3.8) is 0 Å². The van der Waals surface area contributed by atoms with Gasteiger partial charge >= 0.3 is 0 Å². The summed E-state index contributed by atoms with van der Waals surface area (Å²) < 4.78 is 15.6. The van der Waals surface area contributed by atoms with Crippen LogP contribution in [0.3, 0.4) is 0 Å². The van der Waals surface area contributed by atoms with Crippen LogP contribution in [0.2, 0.25) is 0 Å². The number of hydrogen-bond donors (Lipinski definition) is 1. The molecular weight excluding hydrogens is 387 g/mol. The zero-order valence-electron chi connectivity index (χ0n) is 16.2. The Hall–Kier alpha value is -3.62. The van der Waals surface area contributed by atoms with Gasteiger partial charge in [0.05, 0.1) is 30.9 Å². The van der Waals surface area contributed by atoms with Crippen LogP contribution in [0.15, 0.2) is 61.1 Å². The van der Waals surface area contributed by atoms with Gasteiger partial charge in [0.25, 0.3) is 11.8 Å². The van der Waals surface area contributed by atoms with Gasteiger partial charge < -0.3 is 10.2 Å². The van der Waals surface area contributed by atoms with Crippen molar-refractivity contribution in [2.45, 2.75) is 31.7 Å². The number of halogens is 1. The molecule has 2 atom stereocenters. The second kappa shape index (κ2) is 8.81. The summed E-state index contributed by atoms with van der Waals surface area (Å²) in [6.07, 6.45) is 3.67. The highest BCUT2D eigenvalue weighted by molar-refractivity contribution is 5.94. The second-order valence-corrected chi connectivity index (χ2v) is 7.18. The Morgan fingerprint density at radius 3 is 2.77 bits per heavy atom. The van der Waals surface area contributed by atoms with Crippen LogP contribution in [0.4, 0.5) is 4.39 Å². The first-order valence-electron chi connectivity index (χ1n) is 9.67. The topological polar surface area (TPSA) is 93.0 Å². The number of pyridine rings is 1. The molecule has 1 aromatic carbocycles. The lowest BCUT2D eigenvalue weighted by Crippen LogP contribution is -2.38. The fourth-order valence-corrected chi connectivity index (χ4v) is 3.51. The number of nitrogens with one attached hydrogen (secondary N) is 1. The molecule has 2 amide bonds. The van der Waals surface area contributed by atoms with E-state index in [1.807, 2.05) is 30.3 Å². The third-order valence-electron chi connectivity index (χ3n) is 5.00. The molecule has 3 aromatic rings. The number of likely N-dealkylation sites (tertiary alicyclic amines) is 1. The van der Waals surface area contributed by atoms with Crippen molar-refractivity contribution in [2.24, 2.45) is 0 Å². The Kier molecular flexibility index (Phi) is 5.78. The lowest BCUT2D eigenvalue weighted by Gasteiger charge is -2.24. The number of carbonyl (C=O) groups excluding carboxylic acids is 2. The third-order valence-corrected chi connectivity index (χ3v) is 5.00. The van der Waals surface area contributed by atoms with E-state index in [-0.39, 0.29) is 43.1 Å². The molecule has 1 fully saturated rings. The van der Waals surface area contributed by atoms with E-state index < -0.39 is 6.17 Å². The molecular formula is C21H21FN6O2. The van der Waals surface area contributed by atoms with Crippen LogP contribution < -0.4 is 5.32 Å². The van der Waals surface area contributed by atoms with Gasteiger partial charge in [0.15, 0.2) is 5.69 Å². The van der Waals surface area contributed by atoms with Crippen LogP contribution in [-0.2, 0) is 13.1 Å². The van der Waals surface area contributed by atoms with E-state index in [0.29, 0.717) is 12.1 Å². The zero-order chi connectivity index (χ0) is 20.9. The first-order chi connectivity index (χ1) is 14.6. The minimum Gasteiger partial charge on any atom is -0.347 e. The molecule has 2 aromatic heterocycles. The summed E-state index contributed by atoms with van der Waals surface area (Å²) in [6.45, 7) is 0.662. The Morgan fingerprint density at radius 1 is 1.17 bits per heavy atom. The molecule has 2 unspecified atom stereocenters. The van der Waals surface area contributed by atoms with E-state index >= 15 is 0 Å². The van der Waals surface area contributed by atoms with E-state index in [0.717, 1.165) is 5.56 Å². The van der Waals surface area contributed by atoms with Crippen molar-refractivity contribution in [2.75, 3.05) is 6.54 Å². The van der Waals surface area contributed by atoms with Crippen molar-refractivity contribution >= 4 is 11.8 Å². The van der Waals surface area contributed by atoms with E-state index in [2.05, 4.69) is 20.6 Å². The first kappa shape index (κ1) is 19.7. The molecule has 0 bridgehead atoms. The number of aromatic nitrogens is 4. The molecule has 1 aliphatic heterocycles. The highest BCUT2D eigenvalue weighted by Crippen LogP contribution is 2.23. The van der Waals surface area contributed by atoms with E-state index in [1.54, 1.807) is 18.3 Å². The van der Waals surface area contributed by atoms with Gasteiger partial charge in [0, 0.05) is 25.4 Å². The molecule has 1 aliphatic rings. The average Bonchev–Trinajstić information content (AvgIpc) is 3.39. The monoisotopic (exact) mass is 408 g/mol. The van der Waals surface area contributed by atoms with Crippen LogP contribution in [0.25, 0.3) is 0 Å². The summed E-state index contributed by atoms with van der Waals surface area (Å²) in [4.78, 5) is 30.5. The Balaban J connectivity index is 1.39. The Morgan fingerprint density at radius 2 is 2.00 bits per heavy atom. The largest absolute Gasteiger partial charge is 0.347 e. The number of nitrogens with zero attached hydrogens (tertiary/aromatic N) is 5. The molecule has 154 valence electrons. The molecule has 3 heterocycles. The standard InChI is InChI=1S/C21H21FN6O2/c22-17-9-18(28(12-17)21(30)16-7-4-8-23-11-16)13-27-14-19(25-26-27)20(29)24-10-15-5-2-1-3-6-15/h1-8,11,14,17-18H,9-10,12-13H2,(H,24,29). The van der Waals surface area contributed by atoms with Crippen LogP contribution >= 0.6 is 0 Å². The van der Waals surface area contributed by atoms with E-state index in [1.165, 1.54) is 22.0 Å². The predicted octanol–water partition coefficient (Wildman–Crippen LogP) is 1.86. The SMILES string of the molecule is O=C(NCc1ccccc1)c1cn(CC2CC(F)CN2C(=O)c2cccnc2)nn1. The van der Waals surface area contributed by atoms with Gasteiger partial charge in [0.2, 0.25) is 0 Å². The zero-order valence-corrected chi connectivity index (χ0v) is 16.2. The predicted molar refractivity (Wildman–Crippen MR) is 106 cm³/mol. The quantitative estimate of drug-likeness (QED) is 0.672. The van der Waals surface area contributed by atoms with Gasteiger partial charge in [-0.15, -0.1) is 5.10 Å². The fraction of sp³-hybridized carbons (Fsp3) is 0.286. The number of rotatable bonds is 6. The van der Waals surface area contributed by atoms with Gasteiger partial charge in [0.1, 0.15) is 6.17 Å². The number of hydrogen-bond acceptors (Lipinski definition) is 5. The molecule has 0 radical (unpaired) electrons. The molecule has 8 nitrogen and oxygen atoms in total. The van der Waals surface area contributed by atoms with Gasteiger partial charge in [-0.25, -0.2) is 9.07 Å². The highest BCUT2D eigenvalue weighted by Gasteiger charge is 2.36. The Labute approximate surface area is 172 Å². The van der Waals surface area contributed by atoms with Crippen molar-refractivity contribution in [3.8, 4) is 0 Å². The summed E-state index contributed by atoms with van der Waals surface area (Å²) in [5.41, 5.74) is 1.56. The van der Waals surface area contributed by atoms with Gasteiger partial charge in [-0.1, -0.05) is 35.5 Å². The number of amides is 2. The van der Waals surface area contributed by atoms with Gasteiger partial charge in [-0.3, -0.25) is 14.6 Å². The summed E-state index contributed by atoms with van der Waals surface area (Å²) in [5.74, 6) is -0.614. The molecule has 1 saturated heterocycles. The van der Waals surface area contributed by atoms with Crippen LogP contribution in [0.5, 0.6) is 0 Å². The van der Waals surface area contributed by atoms with Crippen LogP contribution in [0, 0.1) is 0 Å². The first-order valence-corrected chi connectivity index (χ1v) is 9.67. The van der Waals surface area contributed by atoms with Crippen molar-refractivity contribution in [1.82, 2.24) is 30.2 Å². The van der Waals surface area contributed by atoms with Gasteiger partial charge in [-0.2, -0.15) is 0 Å². The summed E-state index contributed by atoms with van der Waals surface area (Å²) >= 11 is 0.